The highest BCUT2D eigenvalue weighted by atomic mass is 31.2. The Bertz CT molecular complexity index is 793. The highest BCUT2D eigenvalue weighted by Crippen LogP contribution is 2.52. The van der Waals surface area contributed by atoms with Crippen LogP contribution in [0.1, 0.15) is 40.9 Å². The van der Waals surface area contributed by atoms with Crippen molar-refractivity contribution in [2.45, 2.75) is 34.6 Å². The minimum Gasteiger partial charge on any atom is -0.303 e. The summed E-state index contributed by atoms with van der Waals surface area (Å²) in [6.45, 7) is 9.75. The molecule has 25 heavy (non-hydrogen) atoms. The molecule has 0 aliphatic rings. The van der Waals surface area contributed by atoms with Gasteiger partial charge in [0.2, 0.25) is 0 Å². The Morgan fingerprint density at radius 1 is 0.960 bits per heavy atom. The van der Waals surface area contributed by atoms with Gasteiger partial charge < -0.3 is 9.05 Å². The molecule has 0 aliphatic heterocycles. The van der Waals surface area contributed by atoms with Crippen molar-refractivity contribution >= 4 is 13.1 Å². The van der Waals surface area contributed by atoms with Crippen LogP contribution in [0.3, 0.4) is 0 Å². The van der Waals surface area contributed by atoms with Gasteiger partial charge in [-0.2, -0.15) is 0 Å². The highest BCUT2D eigenvalue weighted by Gasteiger charge is 2.36. The Balaban J connectivity index is 2.63. The number of rotatable bonds is 7. The Labute approximate surface area is 149 Å². The molecule has 0 spiro atoms. The lowest BCUT2D eigenvalue weighted by Gasteiger charge is -2.19. The molecular weight excluding hydrogens is 335 g/mol. The molecule has 0 fully saturated rings. The van der Waals surface area contributed by atoms with Crippen molar-refractivity contribution in [2.75, 3.05) is 13.2 Å². The van der Waals surface area contributed by atoms with Gasteiger partial charge in [-0.3, -0.25) is 9.36 Å². The summed E-state index contributed by atoms with van der Waals surface area (Å²) >= 11 is 0. The molecule has 0 N–H and O–H groups in total. The van der Waals surface area contributed by atoms with Gasteiger partial charge in [0.1, 0.15) is 0 Å². The van der Waals surface area contributed by atoms with E-state index in [-0.39, 0.29) is 13.2 Å². The smallest absolute Gasteiger partial charge is 0.303 e. The molecule has 4 nitrogen and oxygen atoms in total. The third-order valence-electron chi connectivity index (χ3n) is 3.95. The van der Waals surface area contributed by atoms with Crippen LogP contribution in [-0.4, -0.2) is 18.7 Å². The molecule has 2 aromatic rings. The molecule has 0 saturated heterocycles. The number of hydrogen-bond acceptors (Lipinski definition) is 4. The molecule has 0 saturated carbocycles. The molecule has 0 aromatic heterocycles. The van der Waals surface area contributed by atoms with Gasteiger partial charge in [0.25, 0.3) is 5.52 Å². The predicted molar refractivity (Wildman–Crippen MR) is 101 cm³/mol. The molecule has 0 aliphatic carbocycles. The van der Waals surface area contributed by atoms with E-state index < -0.39 is 13.1 Å². The van der Waals surface area contributed by atoms with Crippen molar-refractivity contribution in [3.05, 3.63) is 58.7 Å². The first-order valence-corrected chi connectivity index (χ1v) is 9.99. The third kappa shape index (κ3) is 4.09. The Hall–Kier alpha value is -1.74. The lowest BCUT2D eigenvalue weighted by molar-refractivity contribution is 0.100. The zero-order valence-electron chi connectivity index (χ0n) is 15.5. The standard InChI is InChI=1S/C20H25O4P/c1-6-23-25(22,24-7-2)20(21)18-11-9-8-10-17(18)19-15(4)12-14(3)13-16(19)5/h8-13H,6-7H2,1-5H3. The van der Waals surface area contributed by atoms with Crippen LogP contribution >= 0.6 is 7.60 Å². The van der Waals surface area contributed by atoms with E-state index in [1.54, 1.807) is 26.0 Å². The van der Waals surface area contributed by atoms with Gasteiger partial charge in [-0.1, -0.05) is 42.0 Å². The van der Waals surface area contributed by atoms with Crippen LogP contribution in [0.25, 0.3) is 11.1 Å². The van der Waals surface area contributed by atoms with Crippen molar-refractivity contribution in [3.63, 3.8) is 0 Å². The number of benzene rings is 2. The van der Waals surface area contributed by atoms with E-state index in [1.165, 1.54) is 0 Å². The first-order chi connectivity index (χ1) is 11.8. The van der Waals surface area contributed by atoms with E-state index in [1.807, 2.05) is 32.9 Å². The molecule has 5 heteroatoms. The zero-order valence-corrected chi connectivity index (χ0v) is 16.4. The third-order valence-corrected chi connectivity index (χ3v) is 5.89. The summed E-state index contributed by atoms with van der Waals surface area (Å²) in [5, 5.41) is 0. The van der Waals surface area contributed by atoms with E-state index in [4.69, 9.17) is 9.05 Å². The lowest BCUT2D eigenvalue weighted by atomic mass is 9.91. The van der Waals surface area contributed by atoms with Crippen LogP contribution in [-0.2, 0) is 13.6 Å². The van der Waals surface area contributed by atoms with Gasteiger partial charge in [-0.05, 0) is 56.9 Å². The van der Waals surface area contributed by atoms with Gasteiger partial charge in [0.15, 0.2) is 0 Å². The van der Waals surface area contributed by atoms with E-state index in [0.717, 1.165) is 27.8 Å². The SMILES string of the molecule is CCOP(=O)(OCC)C(=O)c1ccccc1-c1c(C)cc(C)cc1C. The minimum atomic E-state index is -3.86. The molecule has 0 unspecified atom stereocenters. The Morgan fingerprint density at radius 3 is 2.00 bits per heavy atom. The van der Waals surface area contributed by atoms with Gasteiger partial charge in [0.05, 0.1) is 13.2 Å². The van der Waals surface area contributed by atoms with E-state index >= 15 is 0 Å². The first kappa shape index (κ1) is 19.6. The van der Waals surface area contributed by atoms with Crippen LogP contribution in [0.4, 0.5) is 0 Å². The summed E-state index contributed by atoms with van der Waals surface area (Å²) in [6, 6.07) is 11.3. The molecule has 0 atom stereocenters. The summed E-state index contributed by atoms with van der Waals surface area (Å²) in [4.78, 5) is 13.0. The van der Waals surface area contributed by atoms with Crippen molar-refractivity contribution in [2.24, 2.45) is 0 Å². The Morgan fingerprint density at radius 2 is 1.48 bits per heavy atom. The predicted octanol–water partition coefficient (Wildman–Crippen LogP) is 5.69. The molecule has 0 heterocycles. The van der Waals surface area contributed by atoms with Crippen LogP contribution in [0, 0.1) is 20.8 Å². The van der Waals surface area contributed by atoms with Crippen molar-refractivity contribution in [1.29, 1.82) is 0 Å². The maximum Gasteiger partial charge on any atom is 0.401 e. The average Bonchev–Trinajstić information content (AvgIpc) is 2.54. The molecule has 0 bridgehead atoms. The summed E-state index contributed by atoms with van der Waals surface area (Å²) in [7, 11) is -3.86. The second-order valence-corrected chi connectivity index (χ2v) is 7.87. The molecular formula is C20H25O4P. The summed E-state index contributed by atoms with van der Waals surface area (Å²) in [5.41, 5.74) is 4.81. The van der Waals surface area contributed by atoms with E-state index in [2.05, 4.69) is 12.1 Å². The number of hydrogen-bond donors (Lipinski definition) is 0. The lowest BCUT2D eigenvalue weighted by Crippen LogP contribution is -2.09. The van der Waals surface area contributed by atoms with E-state index in [9.17, 15) is 9.36 Å². The molecule has 134 valence electrons. The fourth-order valence-corrected chi connectivity index (χ4v) is 4.61. The van der Waals surface area contributed by atoms with Crippen molar-refractivity contribution < 1.29 is 18.4 Å². The van der Waals surface area contributed by atoms with Crippen molar-refractivity contribution in [1.82, 2.24) is 0 Å². The van der Waals surface area contributed by atoms with Gasteiger partial charge in [-0.25, -0.2) is 0 Å². The second-order valence-electron chi connectivity index (χ2n) is 5.96. The zero-order chi connectivity index (χ0) is 18.6. The Kier molecular flexibility index (Phi) is 6.34. The van der Waals surface area contributed by atoms with Gasteiger partial charge in [0, 0.05) is 5.56 Å². The maximum atomic E-state index is 13.0. The molecule has 0 amide bonds. The number of carbonyl (C=O) groups excluding carboxylic acids is 1. The van der Waals surface area contributed by atoms with Crippen LogP contribution in [0.15, 0.2) is 36.4 Å². The monoisotopic (exact) mass is 360 g/mol. The largest absolute Gasteiger partial charge is 0.401 e. The van der Waals surface area contributed by atoms with E-state index in [0.29, 0.717) is 5.56 Å². The number of carbonyl (C=O) groups is 1. The van der Waals surface area contributed by atoms with Crippen LogP contribution in [0.2, 0.25) is 0 Å². The molecule has 2 aromatic carbocycles. The fraction of sp³-hybridized carbons (Fsp3) is 0.350. The van der Waals surface area contributed by atoms with Crippen LogP contribution < -0.4 is 0 Å². The topological polar surface area (TPSA) is 52.6 Å². The van der Waals surface area contributed by atoms with Gasteiger partial charge in [-0.15, -0.1) is 0 Å². The molecule has 2 rings (SSSR count). The maximum absolute atomic E-state index is 13.0. The first-order valence-electron chi connectivity index (χ1n) is 8.45. The van der Waals surface area contributed by atoms with Crippen molar-refractivity contribution in [3.8, 4) is 11.1 Å². The average molecular weight is 360 g/mol. The fourth-order valence-electron chi connectivity index (χ4n) is 3.13. The summed E-state index contributed by atoms with van der Waals surface area (Å²) < 4.78 is 23.4. The van der Waals surface area contributed by atoms with Gasteiger partial charge >= 0.3 is 7.60 Å². The molecule has 0 radical (unpaired) electrons. The second kappa shape index (κ2) is 8.09. The normalized spacial score (nSPS) is 11.6. The summed E-state index contributed by atoms with van der Waals surface area (Å²) in [5.74, 6) is 0. The minimum absolute atomic E-state index is 0.147. The van der Waals surface area contributed by atoms with Crippen LogP contribution in [0.5, 0.6) is 0 Å². The highest BCUT2D eigenvalue weighted by molar-refractivity contribution is 7.72. The number of aryl methyl sites for hydroxylation is 3. The summed E-state index contributed by atoms with van der Waals surface area (Å²) in [6.07, 6.45) is 0. The quantitative estimate of drug-likeness (QED) is 0.596.